The Kier molecular flexibility index (Phi) is 26.0. The molecule has 12 nitrogen and oxygen atoms in total. The van der Waals surface area contributed by atoms with Gasteiger partial charge in [0.1, 0.15) is 12.2 Å². The van der Waals surface area contributed by atoms with E-state index in [0.717, 1.165) is 38.5 Å². The van der Waals surface area contributed by atoms with Gasteiger partial charge in [0.05, 0.1) is 26.4 Å². The number of aliphatic hydroxyl groups excluding tert-OH is 4. The molecule has 0 amide bonds. The third-order valence-electron chi connectivity index (χ3n) is 5.02. The predicted molar refractivity (Wildman–Crippen MR) is 146 cm³/mol. The molecule has 0 heterocycles. The molecule has 40 heavy (non-hydrogen) atoms. The molecule has 0 saturated heterocycles. The Hall–Kier alpha value is -2.80. The summed E-state index contributed by atoms with van der Waals surface area (Å²) in [6, 6.07) is 0. The first-order chi connectivity index (χ1) is 19.1. The summed E-state index contributed by atoms with van der Waals surface area (Å²) in [6.07, 6.45) is 3.66. The fourth-order valence-corrected chi connectivity index (χ4v) is 2.46. The van der Waals surface area contributed by atoms with E-state index in [-0.39, 0.29) is 13.2 Å². The van der Waals surface area contributed by atoms with Crippen molar-refractivity contribution in [2.75, 3.05) is 26.4 Å². The molecule has 0 aliphatic carbocycles. The lowest BCUT2D eigenvalue weighted by molar-refractivity contribution is -0.179. The van der Waals surface area contributed by atoms with Gasteiger partial charge in [0, 0.05) is 12.2 Å². The van der Waals surface area contributed by atoms with Gasteiger partial charge in [0.2, 0.25) is 0 Å². The van der Waals surface area contributed by atoms with Crippen molar-refractivity contribution in [3.63, 3.8) is 0 Å². The fraction of sp³-hybridized carbons (Fsp3) is 0.714. The average Bonchev–Trinajstić information content (AvgIpc) is 2.94. The van der Waals surface area contributed by atoms with Crippen molar-refractivity contribution in [1.82, 2.24) is 0 Å². The number of unbranched alkanes of at least 4 members (excludes halogenated alkanes) is 4. The van der Waals surface area contributed by atoms with Gasteiger partial charge < -0.3 is 39.4 Å². The monoisotopic (exact) mass is 576 g/mol. The van der Waals surface area contributed by atoms with Gasteiger partial charge in [0.25, 0.3) is 0 Å². The van der Waals surface area contributed by atoms with E-state index in [1.807, 2.05) is 27.7 Å². The van der Waals surface area contributed by atoms with Crippen LogP contribution in [0.25, 0.3) is 0 Å². The highest BCUT2D eigenvalue weighted by atomic mass is 16.6. The molecule has 4 atom stereocenters. The molecule has 0 aromatic heterocycles. The molecule has 0 radical (unpaired) electrons. The standard InChI is InChI=1S/C14H26O8.C14H22O4/c1-3-5-7-21-13(19)11(17)9(15)10(16)12(18)14(20)22-8-6-4-2;1-3-5-11-17-13(15)9-7-8-10-14(16)18-12-6-4-2/h9-12,15-18H,3-8H2,1-2H3;7-10H,3-6,11-12H2,1-2H3/b;9-7+,10-8+/t9-,10?,11+,12-;/m1./s1. The summed E-state index contributed by atoms with van der Waals surface area (Å²) in [7, 11) is 0. The summed E-state index contributed by atoms with van der Waals surface area (Å²) < 4.78 is 19.1. The van der Waals surface area contributed by atoms with Crippen LogP contribution >= 0.6 is 0 Å². The Balaban J connectivity index is 0. The van der Waals surface area contributed by atoms with Crippen LogP contribution in [0.1, 0.15) is 79.1 Å². The summed E-state index contributed by atoms with van der Waals surface area (Å²) in [5.74, 6) is -3.06. The number of esters is 4. The number of aliphatic hydroxyl groups is 4. The van der Waals surface area contributed by atoms with Crippen LogP contribution in [0.3, 0.4) is 0 Å². The number of ether oxygens (including phenoxy) is 4. The average molecular weight is 577 g/mol. The zero-order valence-electron chi connectivity index (χ0n) is 24.2. The van der Waals surface area contributed by atoms with Crippen molar-refractivity contribution in [2.24, 2.45) is 0 Å². The minimum Gasteiger partial charge on any atom is -0.464 e. The molecule has 0 bridgehead atoms. The lowest BCUT2D eigenvalue weighted by Crippen LogP contribution is -2.50. The maximum absolute atomic E-state index is 11.4. The molecule has 232 valence electrons. The van der Waals surface area contributed by atoms with Crippen molar-refractivity contribution in [3.05, 3.63) is 24.3 Å². The molecule has 0 fully saturated rings. The molecule has 0 saturated carbocycles. The molecule has 0 aromatic carbocycles. The zero-order valence-corrected chi connectivity index (χ0v) is 24.2. The van der Waals surface area contributed by atoms with Gasteiger partial charge in [-0.3, -0.25) is 0 Å². The van der Waals surface area contributed by atoms with Gasteiger partial charge in [-0.1, -0.05) is 65.5 Å². The summed E-state index contributed by atoms with van der Waals surface area (Å²) in [5.41, 5.74) is 0. The number of carbonyl (C=O) groups is 4. The van der Waals surface area contributed by atoms with E-state index < -0.39 is 48.3 Å². The quantitative estimate of drug-likeness (QED) is 0.0543. The number of carbonyl (C=O) groups excluding carboxylic acids is 4. The number of hydrogen-bond donors (Lipinski definition) is 4. The van der Waals surface area contributed by atoms with E-state index in [9.17, 15) is 39.6 Å². The minimum absolute atomic E-state index is 0.0663. The molecule has 0 aliphatic heterocycles. The summed E-state index contributed by atoms with van der Waals surface area (Å²) >= 11 is 0. The Morgan fingerprint density at radius 3 is 1.07 bits per heavy atom. The van der Waals surface area contributed by atoms with Crippen LogP contribution in [-0.4, -0.2) is 95.1 Å². The summed E-state index contributed by atoms with van der Waals surface area (Å²) in [5, 5.41) is 38.4. The number of rotatable bonds is 20. The van der Waals surface area contributed by atoms with Crippen LogP contribution in [-0.2, 0) is 38.1 Å². The molecule has 0 aliphatic rings. The van der Waals surface area contributed by atoms with Gasteiger partial charge in [0.15, 0.2) is 12.2 Å². The third-order valence-corrected chi connectivity index (χ3v) is 5.02. The van der Waals surface area contributed by atoms with Crippen molar-refractivity contribution >= 4 is 23.9 Å². The maximum Gasteiger partial charge on any atom is 0.337 e. The maximum atomic E-state index is 11.4. The Morgan fingerprint density at radius 1 is 0.525 bits per heavy atom. The second kappa shape index (κ2) is 26.4. The van der Waals surface area contributed by atoms with E-state index in [0.29, 0.717) is 26.1 Å². The lowest BCUT2D eigenvalue weighted by Gasteiger charge is -2.24. The van der Waals surface area contributed by atoms with E-state index in [1.165, 1.54) is 24.3 Å². The topological polar surface area (TPSA) is 186 Å². The molecule has 0 spiro atoms. The molecule has 0 aromatic rings. The minimum atomic E-state index is -2.07. The third kappa shape index (κ3) is 21.1. The normalized spacial score (nSPS) is 14.0. The highest BCUT2D eigenvalue weighted by molar-refractivity contribution is 5.84. The van der Waals surface area contributed by atoms with Crippen molar-refractivity contribution < 1.29 is 58.6 Å². The first kappa shape index (κ1) is 39.3. The first-order valence-corrected chi connectivity index (χ1v) is 13.8. The molecular formula is C28H48O12. The molecule has 1 unspecified atom stereocenters. The van der Waals surface area contributed by atoms with E-state index in [1.54, 1.807) is 0 Å². The highest BCUT2D eigenvalue weighted by Gasteiger charge is 2.38. The van der Waals surface area contributed by atoms with Crippen LogP contribution in [0.4, 0.5) is 0 Å². The predicted octanol–water partition coefficient (Wildman–Crippen LogP) is 1.90. The van der Waals surface area contributed by atoms with Crippen LogP contribution < -0.4 is 0 Å². The van der Waals surface area contributed by atoms with Gasteiger partial charge in [-0.15, -0.1) is 0 Å². The van der Waals surface area contributed by atoms with Gasteiger partial charge in [-0.2, -0.15) is 0 Å². The number of allylic oxidation sites excluding steroid dienone is 2. The lowest BCUT2D eigenvalue weighted by atomic mass is 10.0. The highest BCUT2D eigenvalue weighted by Crippen LogP contribution is 2.09. The zero-order chi connectivity index (χ0) is 30.8. The molecule has 4 N–H and O–H groups in total. The molecule has 12 heteroatoms. The van der Waals surface area contributed by atoms with Crippen LogP contribution in [0.15, 0.2) is 24.3 Å². The second-order valence-corrected chi connectivity index (χ2v) is 8.67. The Labute approximate surface area is 236 Å². The summed E-state index contributed by atoms with van der Waals surface area (Å²) in [6.45, 7) is 8.80. The molecule has 0 rings (SSSR count). The molecular weight excluding hydrogens is 528 g/mol. The van der Waals surface area contributed by atoms with Crippen LogP contribution in [0, 0.1) is 0 Å². The van der Waals surface area contributed by atoms with Crippen molar-refractivity contribution in [2.45, 2.75) is 103 Å². The largest absolute Gasteiger partial charge is 0.464 e. The van der Waals surface area contributed by atoms with Crippen molar-refractivity contribution in [1.29, 1.82) is 0 Å². The van der Waals surface area contributed by atoms with E-state index >= 15 is 0 Å². The van der Waals surface area contributed by atoms with Gasteiger partial charge in [-0.05, 0) is 25.7 Å². The SMILES string of the molecule is CCCCOC(=O)/C=C/C=C/C(=O)OCCCC.CCCCOC(=O)[C@@H](O)[C@H](O)C(O)[C@@H](O)C(=O)OCCCC. The van der Waals surface area contributed by atoms with Crippen LogP contribution in [0.2, 0.25) is 0 Å². The smallest absolute Gasteiger partial charge is 0.337 e. The van der Waals surface area contributed by atoms with E-state index in [4.69, 9.17) is 9.47 Å². The number of hydrogen-bond acceptors (Lipinski definition) is 12. The first-order valence-electron chi connectivity index (χ1n) is 13.8. The van der Waals surface area contributed by atoms with Crippen LogP contribution in [0.5, 0.6) is 0 Å². The van der Waals surface area contributed by atoms with E-state index in [2.05, 4.69) is 9.47 Å². The van der Waals surface area contributed by atoms with Crippen molar-refractivity contribution in [3.8, 4) is 0 Å². The van der Waals surface area contributed by atoms with Gasteiger partial charge >= 0.3 is 23.9 Å². The Bertz CT molecular complexity index is 688. The second-order valence-electron chi connectivity index (χ2n) is 8.67. The Morgan fingerprint density at radius 2 is 0.800 bits per heavy atom. The summed E-state index contributed by atoms with van der Waals surface area (Å²) in [4.78, 5) is 45.1. The fourth-order valence-electron chi connectivity index (χ4n) is 2.46. The van der Waals surface area contributed by atoms with Gasteiger partial charge in [-0.25, -0.2) is 19.2 Å².